The van der Waals surface area contributed by atoms with E-state index in [1.54, 1.807) is 0 Å². The van der Waals surface area contributed by atoms with Gasteiger partial charge in [0.1, 0.15) is 0 Å². The number of hydrogen-bond acceptors (Lipinski definition) is 4. The Kier molecular flexibility index (Phi) is 6.57. The number of aliphatic hydroxyl groups is 1. The van der Waals surface area contributed by atoms with Crippen molar-refractivity contribution in [2.75, 3.05) is 47.4 Å². The van der Waals surface area contributed by atoms with Crippen LogP contribution in [0.1, 0.15) is 32.6 Å². The van der Waals surface area contributed by atoms with Crippen molar-refractivity contribution in [3.05, 3.63) is 0 Å². The van der Waals surface area contributed by atoms with Gasteiger partial charge in [0.05, 0.1) is 6.61 Å². The van der Waals surface area contributed by atoms with Gasteiger partial charge in [-0.25, -0.2) is 0 Å². The molecule has 108 valence electrons. The molecular weight excluding hydrogens is 226 g/mol. The Bertz CT molecular complexity index is 231. The van der Waals surface area contributed by atoms with Gasteiger partial charge >= 0.3 is 0 Å². The van der Waals surface area contributed by atoms with Crippen LogP contribution in [0.2, 0.25) is 0 Å². The molecule has 0 saturated carbocycles. The van der Waals surface area contributed by atoms with Gasteiger partial charge < -0.3 is 20.2 Å². The molecular formula is C14H31N3O. The van der Waals surface area contributed by atoms with Gasteiger partial charge in [-0.05, 0) is 66.8 Å². The third-order valence-electron chi connectivity index (χ3n) is 4.41. The van der Waals surface area contributed by atoms with E-state index in [1.165, 1.54) is 25.9 Å². The van der Waals surface area contributed by atoms with Crippen LogP contribution in [0.4, 0.5) is 0 Å². The Balaban J connectivity index is 2.18. The van der Waals surface area contributed by atoms with Gasteiger partial charge in [-0.1, -0.05) is 0 Å². The predicted molar refractivity (Wildman–Crippen MR) is 76.9 cm³/mol. The van der Waals surface area contributed by atoms with Crippen molar-refractivity contribution in [3.63, 3.8) is 0 Å². The smallest absolute Gasteiger partial charge is 0.0610 e. The van der Waals surface area contributed by atoms with Crippen LogP contribution >= 0.6 is 0 Å². The van der Waals surface area contributed by atoms with Gasteiger partial charge in [-0.15, -0.1) is 0 Å². The van der Waals surface area contributed by atoms with E-state index < -0.39 is 0 Å². The van der Waals surface area contributed by atoms with Gasteiger partial charge in [0.15, 0.2) is 0 Å². The van der Waals surface area contributed by atoms with Crippen LogP contribution in [-0.2, 0) is 0 Å². The minimum Gasteiger partial charge on any atom is -0.394 e. The van der Waals surface area contributed by atoms with Crippen LogP contribution in [0.15, 0.2) is 0 Å². The average molecular weight is 257 g/mol. The topological polar surface area (TPSA) is 38.7 Å². The normalized spacial score (nSPS) is 24.7. The average Bonchev–Trinajstić information content (AvgIpc) is 2.75. The molecule has 1 rings (SSSR count). The number of nitrogens with one attached hydrogen (secondary N) is 1. The number of nitrogens with zero attached hydrogens (tertiary/aromatic N) is 2. The highest BCUT2D eigenvalue weighted by atomic mass is 16.3. The second kappa shape index (κ2) is 7.43. The highest BCUT2D eigenvalue weighted by molar-refractivity contribution is 4.82. The van der Waals surface area contributed by atoms with E-state index in [1.807, 2.05) is 7.05 Å². The Morgan fingerprint density at radius 2 is 2.22 bits per heavy atom. The molecule has 0 bridgehead atoms. The van der Waals surface area contributed by atoms with Crippen molar-refractivity contribution < 1.29 is 5.11 Å². The van der Waals surface area contributed by atoms with E-state index in [9.17, 15) is 5.11 Å². The molecule has 0 spiro atoms. The minimum absolute atomic E-state index is 0.120. The highest BCUT2D eigenvalue weighted by Crippen LogP contribution is 2.16. The van der Waals surface area contributed by atoms with Crippen molar-refractivity contribution >= 4 is 0 Å². The molecule has 0 amide bonds. The van der Waals surface area contributed by atoms with Gasteiger partial charge in [0.2, 0.25) is 0 Å². The zero-order chi connectivity index (χ0) is 13.6. The summed E-state index contributed by atoms with van der Waals surface area (Å²) in [5, 5.41) is 12.5. The molecule has 2 atom stereocenters. The predicted octanol–water partition coefficient (Wildman–Crippen LogP) is 0.763. The molecule has 0 aliphatic carbocycles. The molecule has 0 aromatic carbocycles. The van der Waals surface area contributed by atoms with Crippen LogP contribution in [0.3, 0.4) is 0 Å². The lowest BCUT2D eigenvalue weighted by atomic mass is 9.97. The molecule has 1 heterocycles. The quantitative estimate of drug-likeness (QED) is 0.673. The molecule has 0 aromatic rings. The molecule has 18 heavy (non-hydrogen) atoms. The zero-order valence-corrected chi connectivity index (χ0v) is 12.6. The number of hydrogen-bond donors (Lipinski definition) is 2. The van der Waals surface area contributed by atoms with E-state index in [0.29, 0.717) is 0 Å². The summed E-state index contributed by atoms with van der Waals surface area (Å²) in [5.74, 6) is 0. The van der Waals surface area contributed by atoms with E-state index in [4.69, 9.17) is 0 Å². The molecule has 1 fully saturated rings. The number of likely N-dealkylation sites (N-methyl/N-ethyl adjacent to an activating group) is 3. The summed E-state index contributed by atoms with van der Waals surface area (Å²) < 4.78 is 0. The Morgan fingerprint density at radius 3 is 2.72 bits per heavy atom. The van der Waals surface area contributed by atoms with Gasteiger partial charge in [-0.3, -0.25) is 0 Å². The first kappa shape index (κ1) is 15.9. The lowest BCUT2D eigenvalue weighted by Gasteiger charge is -2.29. The van der Waals surface area contributed by atoms with Gasteiger partial charge in [0.25, 0.3) is 0 Å². The van der Waals surface area contributed by atoms with Crippen LogP contribution in [0.25, 0.3) is 0 Å². The van der Waals surface area contributed by atoms with Gasteiger partial charge in [-0.2, -0.15) is 0 Å². The van der Waals surface area contributed by atoms with Crippen molar-refractivity contribution in [3.8, 4) is 0 Å². The first-order valence-electron chi connectivity index (χ1n) is 7.19. The van der Waals surface area contributed by atoms with Crippen LogP contribution in [0, 0.1) is 0 Å². The summed E-state index contributed by atoms with van der Waals surface area (Å²) in [7, 11) is 6.37. The molecule has 0 radical (unpaired) electrons. The second-order valence-electron chi connectivity index (χ2n) is 6.11. The van der Waals surface area contributed by atoms with Crippen molar-refractivity contribution in [1.82, 2.24) is 15.1 Å². The standard InChI is InChI=1S/C14H31N3O/c1-14(12-18,15-2)8-6-9-16(3)11-13-7-5-10-17(13)4/h13,15,18H,5-12H2,1-4H3. The molecule has 1 saturated heterocycles. The monoisotopic (exact) mass is 257 g/mol. The van der Waals surface area contributed by atoms with Crippen molar-refractivity contribution in [1.29, 1.82) is 0 Å². The van der Waals surface area contributed by atoms with Crippen LogP contribution in [0.5, 0.6) is 0 Å². The summed E-state index contributed by atoms with van der Waals surface area (Å²) in [5.41, 5.74) is -0.120. The van der Waals surface area contributed by atoms with Gasteiger partial charge in [0, 0.05) is 18.1 Å². The molecule has 4 nitrogen and oxygen atoms in total. The van der Waals surface area contributed by atoms with Crippen molar-refractivity contribution in [2.45, 2.75) is 44.2 Å². The SMILES string of the molecule is CNC(C)(CO)CCCN(C)CC1CCCN1C. The molecule has 4 heteroatoms. The fraction of sp³-hybridized carbons (Fsp3) is 1.00. The Morgan fingerprint density at radius 1 is 1.50 bits per heavy atom. The Labute approximate surface area is 112 Å². The summed E-state index contributed by atoms with van der Waals surface area (Å²) >= 11 is 0. The highest BCUT2D eigenvalue weighted by Gasteiger charge is 2.23. The second-order valence-corrected chi connectivity index (χ2v) is 6.11. The number of aliphatic hydroxyl groups excluding tert-OH is 1. The molecule has 2 N–H and O–H groups in total. The minimum atomic E-state index is -0.120. The molecule has 1 aliphatic heterocycles. The first-order chi connectivity index (χ1) is 8.50. The third kappa shape index (κ3) is 4.84. The first-order valence-corrected chi connectivity index (χ1v) is 7.19. The fourth-order valence-electron chi connectivity index (χ4n) is 2.68. The van der Waals surface area contributed by atoms with E-state index in [0.717, 1.165) is 25.4 Å². The molecule has 2 unspecified atom stereocenters. The van der Waals surface area contributed by atoms with E-state index in [-0.39, 0.29) is 12.1 Å². The summed E-state index contributed by atoms with van der Waals surface area (Å²) in [4.78, 5) is 4.90. The summed E-state index contributed by atoms with van der Waals surface area (Å²) in [6.45, 7) is 5.82. The third-order valence-corrected chi connectivity index (χ3v) is 4.41. The van der Waals surface area contributed by atoms with Crippen LogP contribution in [-0.4, -0.2) is 73.9 Å². The van der Waals surface area contributed by atoms with E-state index in [2.05, 4.69) is 36.1 Å². The largest absolute Gasteiger partial charge is 0.394 e. The maximum absolute atomic E-state index is 9.33. The lowest BCUT2D eigenvalue weighted by molar-refractivity contribution is 0.162. The number of likely N-dealkylation sites (tertiary alicyclic amines) is 1. The number of rotatable bonds is 8. The molecule has 1 aliphatic rings. The summed E-state index contributed by atoms with van der Waals surface area (Å²) in [6.07, 6.45) is 4.83. The van der Waals surface area contributed by atoms with Crippen molar-refractivity contribution in [2.24, 2.45) is 0 Å². The van der Waals surface area contributed by atoms with Crippen LogP contribution < -0.4 is 5.32 Å². The fourth-order valence-corrected chi connectivity index (χ4v) is 2.68. The summed E-state index contributed by atoms with van der Waals surface area (Å²) in [6, 6.07) is 0.739. The lowest BCUT2D eigenvalue weighted by Crippen LogP contribution is -2.44. The maximum Gasteiger partial charge on any atom is 0.0610 e. The van der Waals surface area contributed by atoms with E-state index >= 15 is 0 Å². The zero-order valence-electron chi connectivity index (χ0n) is 12.6. The molecule has 0 aromatic heterocycles. The Hall–Kier alpha value is -0.160. The maximum atomic E-state index is 9.33.